The molecule has 28 heavy (non-hydrogen) atoms. The van der Waals surface area contributed by atoms with Gasteiger partial charge in [-0.2, -0.15) is 5.10 Å². The van der Waals surface area contributed by atoms with Crippen molar-refractivity contribution < 1.29 is 4.79 Å². The van der Waals surface area contributed by atoms with E-state index in [0.717, 1.165) is 25.0 Å². The van der Waals surface area contributed by atoms with Crippen LogP contribution in [0.25, 0.3) is 10.8 Å². The molecule has 1 amide bonds. The number of aryl methyl sites for hydroxylation is 1. The Hall–Kier alpha value is -3.06. The van der Waals surface area contributed by atoms with E-state index in [0.29, 0.717) is 24.2 Å². The maximum Gasteiger partial charge on any atom is 0.274 e. The fourth-order valence-corrected chi connectivity index (χ4v) is 3.66. The lowest BCUT2D eigenvalue weighted by Crippen LogP contribution is -2.48. The van der Waals surface area contributed by atoms with E-state index in [9.17, 15) is 9.59 Å². The van der Waals surface area contributed by atoms with Gasteiger partial charge in [-0.3, -0.25) is 19.5 Å². The summed E-state index contributed by atoms with van der Waals surface area (Å²) in [4.78, 5) is 33.4. The highest BCUT2D eigenvalue weighted by atomic mass is 16.2. The minimum absolute atomic E-state index is 0.0554. The van der Waals surface area contributed by atoms with Gasteiger partial charge in [0, 0.05) is 57.6 Å². The molecule has 7 nitrogen and oxygen atoms in total. The van der Waals surface area contributed by atoms with Crippen LogP contribution in [-0.2, 0) is 24.8 Å². The highest BCUT2D eigenvalue weighted by molar-refractivity contribution is 5.88. The summed E-state index contributed by atoms with van der Waals surface area (Å²) in [6, 6.07) is 11.4. The van der Waals surface area contributed by atoms with Crippen LogP contribution < -0.4 is 5.56 Å². The van der Waals surface area contributed by atoms with Crippen molar-refractivity contribution in [1.82, 2.24) is 24.6 Å². The van der Waals surface area contributed by atoms with Crippen LogP contribution in [0.4, 0.5) is 0 Å². The smallest absolute Gasteiger partial charge is 0.274 e. The summed E-state index contributed by atoms with van der Waals surface area (Å²) in [6.07, 6.45) is 3.82. The molecule has 0 bridgehead atoms. The van der Waals surface area contributed by atoms with E-state index in [4.69, 9.17) is 0 Å². The van der Waals surface area contributed by atoms with Crippen molar-refractivity contribution in [3.8, 4) is 0 Å². The molecule has 0 saturated carbocycles. The van der Waals surface area contributed by atoms with Crippen molar-refractivity contribution in [3.05, 3.63) is 70.4 Å². The van der Waals surface area contributed by atoms with E-state index < -0.39 is 0 Å². The number of piperazine rings is 1. The number of rotatable bonds is 4. The first-order valence-electron chi connectivity index (χ1n) is 9.46. The number of pyridine rings is 1. The summed E-state index contributed by atoms with van der Waals surface area (Å²) in [6.45, 7) is 3.96. The first kappa shape index (κ1) is 18.3. The molecule has 1 aliphatic rings. The Bertz CT molecular complexity index is 1040. The lowest BCUT2D eigenvalue weighted by molar-refractivity contribution is -0.132. The Morgan fingerprint density at radius 2 is 1.68 bits per heavy atom. The summed E-state index contributed by atoms with van der Waals surface area (Å²) in [7, 11) is 1.63. The van der Waals surface area contributed by atoms with Gasteiger partial charge in [0.1, 0.15) is 0 Å². The molecule has 0 unspecified atom stereocenters. The molecule has 7 heteroatoms. The van der Waals surface area contributed by atoms with E-state index in [1.165, 1.54) is 10.2 Å². The summed E-state index contributed by atoms with van der Waals surface area (Å²) in [5, 5.41) is 5.71. The zero-order valence-corrected chi connectivity index (χ0v) is 15.9. The molecule has 0 spiro atoms. The average Bonchev–Trinajstić information content (AvgIpc) is 2.73. The van der Waals surface area contributed by atoms with Gasteiger partial charge in [-0.25, -0.2) is 4.68 Å². The van der Waals surface area contributed by atoms with Crippen molar-refractivity contribution >= 4 is 16.7 Å². The maximum atomic E-state index is 12.8. The zero-order valence-electron chi connectivity index (χ0n) is 15.9. The Balaban J connectivity index is 1.42. The summed E-state index contributed by atoms with van der Waals surface area (Å²) >= 11 is 0. The molecule has 0 N–H and O–H groups in total. The van der Waals surface area contributed by atoms with Gasteiger partial charge >= 0.3 is 0 Å². The number of benzene rings is 1. The topological polar surface area (TPSA) is 71.3 Å². The average molecular weight is 377 g/mol. The summed E-state index contributed by atoms with van der Waals surface area (Å²) < 4.78 is 1.32. The summed E-state index contributed by atoms with van der Waals surface area (Å²) in [5.41, 5.74) is 1.74. The molecule has 1 aliphatic heterocycles. The molecule has 0 atom stereocenters. The Morgan fingerprint density at radius 1 is 1.00 bits per heavy atom. The number of carbonyl (C=O) groups is 1. The third-order valence-corrected chi connectivity index (χ3v) is 5.23. The van der Waals surface area contributed by atoms with Crippen LogP contribution >= 0.6 is 0 Å². The first-order valence-corrected chi connectivity index (χ1v) is 9.46. The largest absolute Gasteiger partial charge is 0.340 e. The van der Waals surface area contributed by atoms with Crippen molar-refractivity contribution in [2.75, 3.05) is 26.2 Å². The third-order valence-electron chi connectivity index (χ3n) is 5.23. The van der Waals surface area contributed by atoms with E-state index in [1.54, 1.807) is 25.5 Å². The third kappa shape index (κ3) is 3.80. The number of nitrogens with zero attached hydrogens (tertiary/aromatic N) is 5. The van der Waals surface area contributed by atoms with Crippen LogP contribution in [0, 0.1) is 0 Å². The van der Waals surface area contributed by atoms with Gasteiger partial charge in [-0.1, -0.05) is 18.2 Å². The molecule has 144 valence electrons. The molecule has 1 aromatic carbocycles. The molecular weight excluding hydrogens is 354 g/mol. The van der Waals surface area contributed by atoms with E-state index in [2.05, 4.69) is 15.0 Å². The first-order chi connectivity index (χ1) is 13.6. The van der Waals surface area contributed by atoms with Crippen molar-refractivity contribution in [1.29, 1.82) is 0 Å². The van der Waals surface area contributed by atoms with E-state index in [-0.39, 0.29) is 17.9 Å². The molecule has 1 saturated heterocycles. The Kier molecular flexibility index (Phi) is 5.16. The van der Waals surface area contributed by atoms with Gasteiger partial charge in [0.15, 0.2) is 0 Å². The highest BCUT2D eigenvalue weighted by Crippen LogP contribution is 2.15. The van der Waals surface area contributed by atoms with Gasteiger partial charge in [0.05, 0.1) is 17.5 Å². The predicted octanol–water partition coefficient (Wildman–Crippen LogP) is 1.22. The van der Waals surface area contributed by atoms with Crippen molar-refractivity contribution in [2.45, 2.75) is 13.0 Å². The van der Waals surface area contributed by atoms with Gasteiger partial charge in [0.25, 0.3) is 5.56 Å². The number of hydrogen-bond donors (Lipinski definition) is 0. The summed E-state index contributed by atoms with van der Waals surface area (Å²) in [5.74, 6) is 0.0554. The van der Waals surface area contributed by atoms with Crippen LogP contribution in [0.2, 0.25) is 0 Å². The molecule has 1 fully saturated rings. The number of amides is 1. The SMILES string of the molecule is Cn1nc(CC(=O)N2CCN(Cc3ccncc3)CC2)c2ccccc2c1=O. The monoisotopic (exact) mass is 377 g/mol. The van der Waals surface area contributed by atoms with Crippen LogP contribution in [0.15, 0.2) is 53.6 Å². The minimum atomic E-state index is -0.142. The van der Waals surface area contributed by atoms with Crippen LogP contribution in [0.3, 0.4) is 0 Å². The van der Waals surface area contributed by atoms with Gasteiger partial charge in [-0.15, -0.1) is 0 Å². The van der Waals surface area contributed by atoms with Crippen LogP contribution in [0.1, 0.15) is 11.3 Å². The lowest BCUT2D eigenvalue weighted by atomic mass is 10.1. The quantitative estimate of drug-likeness (QED) is 0.684. The molecule has 0 radical (unpaired) electrons. The molecule has 2 aromatic heterocycles. The van der Waals surface area contributed by atoms with Crippen molar-refractivity contribution in [2.24, 2.45) is 7.05 Å². The Labute approximate surface area is 163 Å². The fraction of sp³-hybridized carbons (Fsp3) is 0.333. The van der Waals surface area contributed by atoms with Crippen molar-refractivity contribution in [3.63, 3.8) is 0 Å². The molecular formula is C21H23N5O2. The lowest BCUT2D eigenvalue weighted by Gasteiger charge is -2.34. The predicted molar refractivity (Wildman–Crippen MR) is 107 cm³/mol. The second kappa shape index (κ2) is 7.90. The Morgan fingerprint density at radius 3 is 2.39 bits per heavy atom. The zero-order chi connectivity index (χ0) is 19.5. The number of carbonyl (C=O) groups excluding carboxylic acids is 1. The van der Waals surface area contributed by atoms with Gasteiger partial charge in [-0.05, 0) is 23.8 Å². The van der Waals surface area contributed by atoms with Gasteiger partial charge in [0.2, 0.25) is 5.91 Å². The van der Waals surface area contributed by atoms with E-state index in [1.807, 2.05) is 35.2 Å². The second-order valence-electron chi connectivity index (χ2n) is 7.11. The maximum absolute atomic E-state index is 12.8. The normalized spacial score (nSPS) is 15.1. The number of hydrogen-bond acceptors (Lipinski definition) is 5. The fourth-order valence-electron chi connectivity index (χ4n) is 3.66. The standard InChI is InChI=1S/C21H23N5O2/c1-24-21(28)18-5-3-2-4-17(18)19(23-24)14-20(27)26-12-10-25(11-13-26)15-16-6-8-22-9-7-16/h2-9H,10-15H2,1H3. The minimum Gasteiger partial charge on any atom is -0.340 e. The molecule has 3 aromatic rings. The molecule has 4 rings (SSSR count). The van der Waals surface area contributed by atoms with Crippen LogP contribution in [-0.4, -0.2) is 56.7 Å². The van der Waals surface area contributed by atoms with Gasteiger partial charge < -0.3 is 4.90 Å². The second-order valence-corrected chi connectivity index (χ2v) is 7.11. The van der Waals surface area contributed by atoms with Crippen LogP contribution in [0.5, 0.6) is 0 Å². The molecule has 3 heterocycles. The number of fused-ring (bicyclic) bond motifs is 1. The highest BCUT2D eigenvalue weighted by Gasteiger charge is 2.22. The molecule has 0 aliphatic carbocycles. The number of aromatic nitrogens is 3. The van der Waals surface area contributed by atoms with E-state index >= 15 is 0 Å².